The Balaban J connectivity index is 1.53. The standard InChI is InChI=1S/C31H26Cl2N2O3/c1-19-5-6-22-16-26(10-7-21(22)13-19)35-29(18-28(34-35)23-14-24(32)17-25(33)15-23)37-27-11-8-20(9-12-27)30(36)38-31(2,3)4/h5-18H,1-4H3. The minimum absolute atomic E-state index is 0.388. The Hall–Kier alpha value is -3.80. The zero-order valence-corrected chi connectivity index (χ0v) is 23.0. The number of benzene rings is 4. The van der Waals surface area contributed by atoms with E-state index in [1.54, 1.807) is 35.0 Å². The van der Waals surface area contributed by atoms with Crippen LogP contribution in [0.25, 0.3) is 27.7 Å². The quantitative estimate of drug-likeness (QED) is 0.207. The molecule has 0 N–H and O–H groups in total. The third kappa shape index (κ3) is 5.85. The molecule has 5 aromatic rings. The largest absolute Gasteiger partial charge is 0.456 e. The van der Waals surface area contributed by atoms with Gasteiger partial charge in [-0.1, -0.05) is 53.0 Å². The number of hydrogen-bond acceptors (Lipinski definition) is 4. The SMILES string of the molecule is Cc1ccc2cc(-n3nc(-c4cc(Cl)cc(Cl)c4)cc3Oc3ccc(C(=O)OC(C)(C)C)cc3)ccc2c1. The summed E-state index contributed by atoms with van der Waals surface area (Å²) in [5.41, 5.74) is 3.32. The number of aromatic nitrogens is 2. The number of carbonyl (C=O) groups excluding carboxylic acids is 1. The summed E-state index contributed by atoms with van der Waals surface area (Å²) < 4.78 is 13.5. The molecule has 5 rings (SSSR count). The van der Waals surface area contributed by atoms with E-state index in [1.807, 2.05) is 45.0 Å². The molecule has 192 valence electrons. The van der Waals surface area contributed by atoms with Crippen LogP contribution in [0, 0.1) is 6.92 Å². The summed E-state index contributed by atoms with van der Waals surface area (Å²) in [6.07, 6.45) is 0. The number of esters is 1. The van der Waals surface area contributed by atoms with Gasteiger partial charge in [0.15, 0.2) is 0 Å². The van der Waals surface area contributed by atoms with Gasteiger partial charge in [0, 0.05) is 21.7 Å². The zero-order valence-electron chi connectivity index (χ0n) is 21.5. The predicted molar refractivity (Wildman–Crippen MR) is 153 cm³/mol. The molecule has 0 aliphatic rings. The summed E-state index contributed by atoms with van der Waals surface area (Å²) in [5, 5.41) is 8.10. The van der Waals surface area contributed by atoms with Crippen LogP contribution >= 0.6 is 23.2 Å². The summed E-state index contributed by atoms with van der Waals surface area (Å²) in [4.78, 5) is 12.4. The van der Waals surface area contributed by atoms with Crippen LogP contribution in [-0.2, 0) is 4.74 Å². The van der Waals surface area contributed by atoms with Crippen molar-refractivity contribution in [3.63, 3.8) is 0 Å². The van der Waals surface area contributed by atoms with E-state index in [9.17, 15) is 4.79 Å². The van der Waals surface area contributed by atoms with Gasteiger partial charge in [0.2, 0.25) is 5.88 Å². The van der Waals surface area contributed by atoms with Crippen molar-refractivity contribution in [3.8, 4) is 28.6 Å². The molecule has 7 heteroatoms. The van der Waals surface area contributed by atoms with Crippen LogP contribution in [0.5, 0.6) is 11.6 Å². The number of carbonyl (C=O) groups is 1. The van der Waals surface area contributed by atoms with Gasteiger partial charge in [-0.25, -0.2) is 9.48 Å². The van der Waals surface area contributed by atoms with Crippen molar-refractivity contribution in [1.29, 1.82) is 0 Å². The molecule has 0 saturated carbocycles. The summed E-state index contributed by atoms with van der Waals surface area (Å²) in [6, 6.07) is 26.4. The molecule has 0 radical (unpaired) electrons. The highest BCUT2D eigenvalue weighted by molar-refractivity contribution is 6.35. The Labute approximate surface area is 231 Å². The summed E-state index contributed by atoms with van der Waals surface area (Å²) in [5.74, 6) is 0.652. The molecular formula is C31H26Cl2N2O3. The van der Waals surface area contributed by atoms with Crippen molar-refractivity contribution in [2.24, 2.45) is 0 Å². The van der Waals surface area contributed by atoms with E-state index in [-0.39, 0.29) is 5.97 Å². The van der Waals surface area contributed by atoms with E-state index in [4.69, 9.17) is 37.8 Å². The molecule has 1 aromatic heterocycles. The fourth-order valence-corrected chi connectivity index (χ4v) is 4.59. The molecule has 0 aliphatic carbocycles. The molecule has 0 amide bonds. The van der Waals surface area contributed by atoms with Crippen molar-refractivity contribution in [1.82, 2.24) is 9.78 Å². The van der Waals surface area contributed by atoms with Crippen LogP contribution in [0.1, 0.15) is 36.7 Å². The van der Waals surface area contributed by atoms with Gasteiger partial charge in [-0.2, -0.15) is 5.10 Å². The van der Waals surface area contributed by atoms with Gasteiger partial charge in [0.1, 0.15) is 11.4 Å². The average Bonchev–Trinajstić information content (AvgIpc) is 3.26. The maximum atomic E-state index is 12.4. The first-order valence-electron chi connectivity index (χ1n) is 12.1. The van der Waals surface area contributed by atoms with Gasteiger partial charge in [0.05, 0.1) is 16.9 Å². The maximum Gasteiger partial charge on any atom is 0.338 e. The molecule has 0 atom stereocenters. The molecule has 0 saturated heterocycles. The molecular weight excluding hydrogens is 519 g/mol. The molecule has 0 aliphatic heterocycles. The van der Waals surface area contributed by atoms with E-state index in [2.05, 4.69) is 37.3 Å². The molecule has 0 fully saturated rings. The number of rotatable bonds is 5. The van der Waals surface area contributed by atoms with Gasteiger partial charge in [-0.15, -0.1) is 0 Å². The number of nitrogens with zero attached hydrogens (tertiary/aromatic N) is 2. The van der Waals surface area contributed by atoms with Crippen molar-refractivity contribution in [3.05, 3.63) is 106 Å². The molecule has 5 nitrogen and oxygen atoms in total. The number of halogens is 2. The van der Waals surface area contributed by atoms with Crippen molar-refractivity contribution >= 4 is 39.9 Å². The van der Waals surface area contributed by atoms with Gasteiger partial charge in [0.25, 0.3) is 0 Å². The van der Waals surface area contributed by atoms with E-state index in [1.165, 1.54) is 5.56 Å². The lowest BCUT2D eigenvalue weighted by Gasteiger charge is -2.19. The normalized spacial score (nSPS) is 11.5. The molecule has 0 bridgehead atoms. The summed E-state index contributed by atoms with van der Waals surface area (Å²) in [6.45, 7) is 7.58. The van der Waals surface area contributed by atoms with Crippen LogP contribution in [0.3, 0.4) is 0 Å². The van der Waals surface area contributed by atoms with Gasteiger partial charge >= 0.3 is 5.97 Å². The lowest BCUT2D eigenvalue weighted by Crippen LogP contribution is -2.23. The first kappa shape index (κ1) is 25.8. The first-order chi connectivity index (χ1) is 18.0. The van der Waals surface area contributed by atoms with Gasteiger partial charge in [-0.3, -0.25) is 0 Å². The van der Waals surface area contributed by atoms with Crippen molar-refractivity contribution < 1.29 is 14.3 Å². The summed E-state index contributed by atoms with van der Waals surface area (Å²) >= 11 is 12.5. The second-order valence-electron chi connectivity index (χ2n) is 10.1. The topological polar surface area (TPSA) is 53.4 Å². The van der Waals surface area contributed by atoms with Crippen LogP contribution in [0.15, 0.2) is 84.9 Å². The lowest BCUT2D eigenvalue weighted by atomic mass is 10.1. The third-order valence-electron chi connectivity index (χ3n) is 5.77. The highest BCUT2D eigenvalue weighted by Crippen LogP contribution is 2.33. The van der Waals surface area contributed by atoms with Gasteiger partial charge < -0.3 is 9.47 Å². The first-order valence-corrected chi connectivity index (χ1v) is 12.9. The molecule has 0 spiro atoms. The zero-order chi connectivity index (χ0) is 27.0. The fraction of sp³-hybridized carbons (Fsp3) is 0.161. The number of aryl methyl sites for hydroxylation is 1. The number of hydrogen-bond donors (Lipinski definition) is 0. The fourth-order valence-electron chi connectivity index (χ4n) is 4.07. The van der Waals surface area contributed by atoms with Crippen LogP contribution in [0.2, 0.25) is 10.0 Å². The molecule has 4 aromatic carbocycles. The minimum atomic E-state index is -0.572. The van der Waals surface area contributed by atoms with Gasteiger partial charge in [-0.05, 0) is 93.1 Å². The van der Waals surface area contributed by atoms with Crippen LogP contribution < -0.4 is 4.74 Å². The Morgan fingerprint density at radius 1 is 0.816 bits per heavy atom. The van der Waals surface area contributed by atoms with E-state index in [0.29, 0.717) is 32.9 Å². The van der Waals surface area contributed by atoms with Crippen molar-refractivity contribution in [2.75, 3.05) is 0 Å². The molecule has 38 heavy (non-hydrogen) atoms. The highest BCUT2D eigenvalue weighted by Gasteiger charge is 2.19. The van der Waals surface area contributed by atoms with Crippen LogP contribution in [0.4, 0.5) is 0 Å². The number of ether oxygens (including phenoxy) is 2. The second-order valence-corrected chi connectivity index (χ2v) is 11.0. The highest BCUT2D eigenvalue weighted by atomic mass is 35.5. The maximum absolute atomic E-state index is 12.4. The monoisotopic (exact) mass is 544 g/mol. The molecule has 1 heterocycles. The number of fused-ring (bicyclic) bond motifs is 1. The smallest absolute Gasteiger partial charge is 0.338 e. The second kappa shape index (κ2) is 10.2. The Kier molecular flexibility index (Phi) is 6.91. The van der Waals surface area contributed by atoms with Crippen LogP contribution in [-0.4, -0.2) is 21.4 Å². The Morgan fingerprint density at radius 3 is 2.16 bits per heavy atom. The average molecular weight is 545 g/mol. The third-order valence-corrected chi connectivity index (χ3v) is 6.21. The van der Waals surface area contributed by atoms with E-state index >= 15 is 0 Å². The van der Waals surface area contributed by atoms with E-state index in [0.717, 1.165) is 22.0 Å². The Morgan fingerprint density at radius 2 is 1.47 bits per heavy atom. The Bertz CT molecular complexity index is 1630. The molecule has 0 unspecified atom stereocenters. The summed E-state index contributed by atoms with van der Waals surface area (Å²) in [7, 11) is 0. The predicted octanol–water partition coefficient (Wildman–Crippen LogP) is 9.06. The van der Waals surface area contributed by atoms with Crippen molar-refractivity contribution in [2.45, 2.75) is 33.3 Å². The van der Waals surface area contributed by atoms with E-state index < -0.39 is 5.60 Å². The minimum Gasteiger partial charge on any atom is -0.456 e. The lowest BCUT2D eigenvalue weighted by molar-refractivity contribution is 0.00695.